The highest BCUT2D eigenvalue weighted by molar-refractivity contribution is 5.84. The Hall–Kier alpha value is -2.38. The van der Waals surface area contributed by atoms with E-state index in [9.17, 15) is 22.8 Å². The summed E-state index contributed by atoms with van der Waals surface area (Å²) in [5.74, 6) is -0.469. The van der Waals surface area contributed by atoms with Gasteiger partial charge in [0.1, 0.15) is 6.04 Å². The normalized spacial score (nSPS) is 16.1. The van der Waals surface area contributed by atoms with Crippen molar-refractivity contribution in [2.45, 2.75) is 51.9 Å². The summed E-state index contributed by atoms with van der Waals surface area (Å²) in [6.07, 6.45) is -3.20. The van der Waals surface area contributed by atoms with E-state index in [-0.39, 0.29) is 17.1 Å². The van der Waals surface area contributed by atoms with Crippen molar-refractivity contribution in [3.8, 4) is 0 Å². The molecule has 25 heavy (non-hydrogen) atoms. The predicted molar refractivity (Wildman–Crippen MR) is 86.4 cm³/mol. The SMILES string of the molecule is Cc1cc2nc(C(F)(F)F)c(=O)n([C@H](C)C(=O)NC3CC3)c2cc1C. The van der Waals surface area contributed by atoms with Gasteiger partial charge in [0, 0.05) is 6.04 Å². The van der Waals surface area contributed by atoms with Crippen LogP contribution in [0.4, 0.5) is 13.2 Å². The second kappa shape index (κ2) is 5.86. The topological polar surface area (TPSA) is 64.0 Å². The van der Waals surface area contributed by atoms with Crippen molar-refractivity contribution in [1.82, 2.24) is 14.9 Å². The lowest BCUT2D eigenvalue weighted by Crippen LogP contribution is -2.39. The largest absolute Gasteiger partial charge is 0.438 e. The second-order valence-electron chi connectivity index (χ2n) is 6.52. The summed E-state index contributed by atoms with van der Waals surface area (Å²) in [5.41, 5.74) is -0.984. The number of halogens is 3. The third-order valence-corrected chi connectivity index (χ3v) is 4.46. The molecule has 1 atom stereocenters. The number of rotatable bonds is 3. The van der Waals surface area contributed by atoms with E-state index in [4.69, 9.17) is 0 Å². The molecule has 1 fully saturated rings. The summed E-state index contributed by atoms with van der Waals surface area (Å²) in [4.78, 5) is 28.3. The lowest BCUT2D eigenvalue weighted by molar-refractivity contribution is -0.142. The van der Waals surface area contributed by atoms with Crippen LogP contribution in [0.3, 0.4) is 0 Å². The van der Waals surface area contributed by atoms with Crippen molar-refractivity contribution < 1.29 is 18.0 Å². The van der Waals surface area contributed by atoms with E-state index >= 15 is 0 Å². The Morgan fingerprint density at radius 2 is 1.88 bits per heavy atom. The summed E-state index contributed by atoms with van der Waals surface area (Å²) in [5, 5.41) is 2.73. The third-order valence-electron chi connectivity index (χ3n) is 4.46. The zero-order valence-electron chi connectivity index (χ0n) is 14.1. The Kier molecular flexibility index (Phi) is 4.09. The molecule has 1 amide bonds. The summed E-state index contributed by atoms with van der Waals surface area (Å²) in [6.45, 7) is 4.96. The number of nitrogens with one attached hydrogen (secondary N) is 1. The van der Waals surface area contributed by atoms with Crippen LogP contribution >= 0.6 is 0 Å². The van der Waals surface area contributed by atoms with Gasteiger partial charge in [0.2, 0.25) is 11.6 Å². The minimum atomic E-state index is -4.89. The van der Waals surface area contributed by atoms with Gasteiger partial charge in [-0.05, 0) is 56.9 Å². The number of aryl methyl sites for hydroxylation is 2. The molecule has 1 aromatic heterocycles. The zero-order valence-corrected chi connectivity index (χ0v) is 14.1. The van der Waals surface area contributed by atoms with E-state index in [0.717, 1.165) is 28.5 Å². The highest BCUT2D eigenvalue weighted by atomic mass is 19.4. The van der Waals surface area contributed by atoms with Crippen LogP contribution < -0.4 is 10.9 Å². The second-order valence-corrected chi connectivity index (χ2v) is 6.52. The molecular formula is C17H18F3N3O2. The standard InChI is InChI=1S/C17H18F3N3O2/c1-8-6-12-13(7-9(8)2)23(10(3)15(24)21-11-4-5-11)16(25)14(22-12)17(18,19)20/h6-7,10-11H,4-5H2,1-3H3,(H,21,24)/t10-/m1/s1. The van der Waals surface area contributed by atoms with Crippen LogP contribution in [0.2, 0.25) is 0 Å². The van der Waals surface area contributed by atoms with Gasteiger partial charge in [0.05, 0.1) is 11.0 Å². The van der Waals surface area contributed by atoms with Crippen LogP contribution in [0.15, 0.2) is 16.9 Å². The van der Waals surface area contributed by atoms with E-state index in [0.29, 0.717) is 0 Å². The number of aromatic nitrogens is 2. The van der Waals surface area contributed by atoms with Crippen LogP contribution in [-0.2, 0) is 11.0 Å². The lowest BCUT2D eigenvalue weighted by atomic mass is 10.1. The summed E-state index contributed by atoms with van der Waals surface area (Å²) in [7, 11) is 0. The van der Waals surface area contributed by atoms with Crippen LogP contribution in [0, 0.1) is 13.8 Å². The number of nitrogens with zero attached hydrogens (tertiary/aromatic N) is 2. The van der Waals surface area contributed by atoms with Crippen LogP contribution in [-0.4, -0.2) is 21.5 Å². The van der Waals surface area contributed by atoms with Gasteiger partial charge in [-0.25, -0.2) is 4.98 Å². The molecule has 3 rings (SSSR count). The molecule has 2 aromatic rings. The number of benzene rings is 1. The number of hydrogen-bond acceptors (Lipinski definition) is 3. The lowest BCUT2D eigenvalue weighted by Gasteiger charge is -2.20. The van der Waals surface area contributed by atoms with Gasteiger partial charge in [-0.3, -0.25) is 14.2 Å². The van der Waals surface area contributed by atoms with Gasteiger partial charge in [-0.1, -0.05) is 0 Å². The first-order chi connectivity index (χ1) is 11.6. The fourth-order valence-corrected chi connectivity index (χ4v) is 2.70. The van der Waals surface area contributed by atoms with E-state index in [1.807, 2.05) is 0 Å². The zero-order chi connectivity index (χ0) is 18.5. The Morgan fingerprint density at radius 1 is 1.28 bits per heavy atom. The van der Waals surface area contributed by atoms with Gasteiger partial charge in [-0.2, -0.15) is 13.2 Å². The van der Waals surface area contributed by atoms with E-state index in [1.54, 1.807) is 19.9 Å². The predicted octanol–water partition coefficient (Wildman–Crippen LogP) is 2.87. The average Bonchev–Trinajstić information content (AvgIpc) is 3.31. The first kappa shape index (κ1) is 17.4. The number of carbonyl (C=O) groups excluding carboxylic acids is 1. The molecule has 1 aromatic carbocycles. The molecule has 0 aliphatic heterocycles. The maximum atomic E-state index is 13.2. The molecule has 0 spiro atoms. The maximum Gasteiger partial charge on any atom is 0.438 e. The molecule has 5 nitrogen and oxygen atoms in total. The molecule has 134 valence electrons. The number of amides is 1. The molecule has 8 heteroatoms. The molecular weight excluding hydrogens is 335 g/mol. The van der Waals surface area contributed by atoms with Crippen LogP contribution in [0.1, 0.15) is 42.6 Å². The Balaban J connectivity index is 2.26. The van der Waals surface area contributed by atoms with Gasteiger partial charge in [0.25, 0.3) is 5.56 Å². The molecule has 1 N–H and O–H groups in total. The molecule has 0 bridgehead atoms. The van der Waals surface area contributed by atoms with Crippen molar-refractivity contribution in [2.24, 2.45) is 0 Å². The number of carbonyl (C=O) groups is 1. The van der Waals surface area contributed by atoms with Crippen molar-refractivity contribution in [2.75, 3.05) is 0 Å². The Morgan fingerprint density at radius 3 is 2.44 bits per heavy atom. The quantitative estimate of drug-likeness (QED) is 0.923. The minimum absolute atomic E-state index is 0.0427. The molecule has 0 unspecified atom stereocenters. The molecule has 1 saturated carbocycles. The molecule has 0 radical (unpaired) electrons. The van der Waals surface area contributed by atoms with Crippen molar-refractivity contribution in [1.29, 1.82) is 0 Å². The van der Waals surface area contributed by atoms with E-state index in [1.165, 1.54) is 13.0 Å². The highest BCUT2D eigenvalue weighted by Gasteiger charge is 2.38. The van der Waals surface area contributed by atoms with Crippen molar-refractivity contribution in [3.05, 3.63) is 39.3 Å². The minimum Gasteiger partial charge on any atom is -0.352 e. The summed E-state index contributed by atoms with van der Waals surface area (Å²) >= 11 is 0. The van der Waals surface area contributed by atoms with Crippen molar-refractivity contribution in [3.63, 3.8) is 0 Å². The molecule has 1 heterocycles. The number of alkyl halides is 3. The van der Waals surface area contributed by atoms with Gasteiger partial charge in [-0.15, -0.1) is 0 Å². The number of fused-ring (bicyclic) bond motifs is 1. The molecule has 0 saturated heterocycles. The Labute approximate surface area is 141 Å². The number of hydrogen-bond donors (Lipinski definition) is 1. The van der Waals surface area contributed by atoms with E-state index in [2.05, 4.69) is 10.3 Å². The Bertz CT molecular complexity index is 914. The third kappa shape index (κ3) is 3.25. The monoisotopic (exact) mass is 353 g/mol. The van der Waals surface area contributed by atoms with Gasteiger partial charge >= 0.3 is 6.18 Å². The van der Waals surface area contributed by atoms with Crippen LogP contribution in [0.5, 0.6) is 0 Å². The fourth-order valence-electron chi connectivity index (χ4n) is 2.70. The smallest absolute Gasteiger partial charge is 0.352 e. The highest BCUT2D eigenvalue weighted by Crippen LogP contribution is 2.28. The van der Waals surface area contributed by atoms with Crippen molar-refractivity contribution >= 4 is 16.9 Å². The maximum absolute atomic E-state index is 13.2. The first-order valence-corrected chi connectivity index (χ1v) is 8.00. The van der Waals surface area contributed by atoms with Crippen LogP contribution in [0.25, 0.3) is 11.0 Å². The molecule has 1 aliphatic carbocycles. The van der Waals surface area contributed by atoms with Gasteiger partial charge in [0.15, 0.2) is 0 Å². The van der Waals surface area contributed by atoms with Gasteiger partial charge < -0.3 is 5.32 Å². The fraction of sp³-hybridized carbons (Fsp3) is 0.471. The summed E-state index contributed by atoms with van der Waals surface area (Å²) in [6, 6.07) is 2.08. The van der Waals surface area contributed by atoms with E-state index < -0.39 is 29.4 Å². The first-order valence-electron chi connectivity index (χ1n) is 8.00. The molecule has 1 aliphatic rings. The average molecular weight is 353 g/mol. The summed E-state index contributed by atoms with van der Waals surface area (Å²) < 4.78 is 40.6.